The number of aromatic nitrogens is 1. The Kier molecular flexibility index (Phi) is 9.98. The first-order chi connectivity index (χ1) is 19.2. The molecule has 0 saturated heterocycles. The molecule has 3 atom stereocenters. The van der Waals surface area contributed by atoms with Gasteiger partial charge in [-0.3, -0.25) is 14.7 Å². The van der Waals surface area contributed by atoms with Crippen molar-refractivity contribution in [2.75, 3.05) is 37.4 Å². The molecular weight excluding hydrogens is 530 g/mol. The van der Waals surface area contributed by atoms with Crippen LogP contribution in [0.2, 0.25) is 5.02 Å². The minimum Gasteiger partial charge on any atom is -0.488 e. The summed E-state index contributed by atoms with van der Waals surface area (Å²) < 4.78 is 6.58. The molecule has 3 amide bonds. The van der Waals surface area contributed by atoms with Crippen LogP contribution in [0.4, 0.5) is 16.2 Å². The summed E-state index contributed by atoms with van der Waals surface area (Å²) >= 11 is 5.93. The molecule has 4 rings (SSSR count). The molecule has 0 radical (unpaired) electrons. The van der Waals surface area contributed by atoms with Crippen LogP contribution in [0, 0.1) is 5.92 Å². The van der Waals surface area contributed by atoms with Gasteiger partial charge < -0.3 is 25.4 Å². The van der Waals surface area contributed by atoms with Crippen LogP contribution < -0.4 is 15.4 Å². The zero-order valence-electron chi connectivity index (χ0n) is 23.0. The number of benzene rings is 2. The van der Waals surface area contributed by atoms with E-state index in [0.717, 1.165) is 12.1 Å². The van der Waals surface area contributed by atoms with Crippen molar-refractivity contribution < 1.29 is 19.4 Å². The average molecular weight is 566 g/mol. The first-order valence-electron chi connectivity index (χ1n) is 13.3. The molecule has 0 spiro atoms. The number of likely N-dealkylation sites (N-methyl/N-ethyl adjacent to an activating group) is 1. The standard InChI is InChI=1S/C30H36ClN5O4/c1-20-16-36(21(2)19-37)29(38)15-23-14-26(34-30(39)33-25-6-4-24(31)5-7-25)8-9-27(23)40-28(20)18-35(3)17-22-10-12-32-13-11-22/h4-14,20-21,28,37H,15-19H2,1-3H3,(H2,33,34,39)/t20?,21-,28-/m0/s1. The number of amides is 3. The Morgan fingerprint density at radius 2 is 1.82 bits per heavy atom. The predicted octanol–water partition coefficient (Wildman–Crippen LogP) is 4.66. The van der Waals surface area contributed by atoms with E-state index in [-0.39, 0.29) is 37.0 Å². The number of pyridine rings is 1. The summed E-state index contributed by atoms with van der Waals surface area (Å²) in [4.78, 5) is 34.1. The number of ether oxygens (including phenoxy) is 1. The van der Waals surface area contributed by atoms with Crippen LogP contribution in [0.15, 0.2) is 67.0 Å². The Labute approximate surface area is 240 Å². The lowest BCUT2D eigenvalue weighted by atomic mass is 10.0. The first kappa shape index (κ1) is 29.3. The molecule has 212 valence electrons. The predicted molar refractivity (Wildman–Crippen MR) is 157 cm³/mol. The van der Waals surface area contributed by atoms with Crippen LogP contribution in [-0.4, -0.2) is 70.7 Å². The van der Waals surface area contributed by atoms with Crippen molar-refractivity contribution in [3.8, 4) is 5.75 Å². The molecule has 2 aromatic carbocycles. The molecule has 9 nitrogen and oxygen atoms in total. The van der Waals surface area contributed by atoms with E-state index >= 15 is 0 Å². The zero-order valence-corrected chi connectivity index (χ0v) is 23.8. The zero-order chi connectivity index (χ0) is 28.6. The highest BCUT2D eigenvalue weighted by Gasteiger charge is 2.31. The summed E-state index contributed by atoms with van der Waals surface area (Å²) in [5.74, 6) is 0.489. The van der Waals surface area contributed by atoms with Gasteiger partial charge >= 0.3 is 6.03 Å². The van der Waals surface area contributed by atoms with Crippen LogP contribution in [0.1, 0.15) is 25.0 Å². The van der Waals surface area contributed by atoms with E-state index in [2.05, 4.69) is 27.4 Å². The van der Waals surface area contributed by atoms with Crippen molar-refractivity contribution in [2.24, 2.45) is 5.92 Å². The summed E-state index contributed by atoms with van der Waals surface area (Å²) in [6, 6.07) is 15.4. The number of aliphatic hydroxyl groups excluding tert-OH is 1. The number of hydrogen-bond acceptors (Lipinski definition) is 6. The number of halogens is 1. The van der Waals surface area contributed by atoms with Crippen molar-refractivity contribution >= 4 is 34.9 Å². The van der Waals surface area contributed by atoms with E-state index in [4.69, 9.17) is 16.3 Å². The molecule has 1 unspecified atom stereocenters. The number of rotatable bonds is 8. The van der Waals surface area contributed by atoms with Crippen molar-refractivity contribution in [1.82, 2.24) is 14.8 Å². The van der Waals surface area contributed by atoms with Gasteiger partial charge in [0.05, 0.1) is 19.1 Å². The number of hydrogen-bond donors (Lipinski definition) is 3. The number of nitrogens with one attached hydrogen (secondary N) is 2. The summed E-state index contributed by atoms with van der Waals surface area (Å²) in [5, 5.41) is 16.1. The summed E-state index contributed by atoms with van der Waals surface area (Å²) in [5.41, 5.74) is 2.94. The molecule has 1 aliphatic heterocycles. The van der Waals surface area contributed by atoms with Crippen molar-refractivity contribution in [3.63, 3.8) is 0 Å². The maximum absolute atomic E-state index is 13.4. The number of aliphatic hydroxyl groups is 1. The minimum atomic E-state index is -0.419. The molecule has 0 saturated carbocycles. The molecule has 40 heavy (non-hydrogen) atoms. The molecule has 0 bridgehead atoms. The molecule has 1 aliphatic rings. The first-order valence-corrected chi connectivity index (χ1v) is 13.7. The van der Waals surface area contributed by atoms with Gasteiger partial charge in [0.15, 0.2) is 0 Å². The Morgan fingerprint density at radius 3 is 2.52 bits per heavy atom. The second-order valence-electron chi connectivity index (χ2n) is 10.3. The average Bonchev–Trinajstić information content (AvgIpc) is 2.97. The third-order valence-electron chi connectivity index (χ3n) is 6.97. The lowest BCUT2D eigenvalue weighted by molar-refractivity contribution is -0.134. The second kappa shape index (κ2) is 13.6. The molecule has 2 heterocycles. The summed E-state index contributed by atoms with van der Waals surface area (Å²) in [6.45, 7) is 5.58. The second-order valence-corrected chi connectivity index (χ2v) is 10.8. The van der Waals surface area contributed by atoms with E-state index in [1.54, 1.807) is 59.8 Å². The van der Waals surface area contributed by atoms with E-state index in [1.165, 1.54) is 0 Å². The smallest absolute Gasteiger partial charge is 0.323 e. The molecule has 0 fully saturated rings. The maximum Gasteiger partial charge on any atom is 0.323 e. The Hall–Kier alpha value is -3.66. The minimum absolute atomic E-state index is 0.00764. The monoisotopic (exact) mass is 565 g/mol. The van der Waals surface area contributed by atoms with Gasteiger partial charge in [0.1, 0.15) is 11.9 Å². The number of urea groups is 1. The van der Waals surface area contributed by atoms with E-state index < -0.39 is 6.03 Å². The maximum atomic E-state index is 13.4. The fraction of sp³-hybridized carbons (Fsp3) is 0.367. The van der Waals surface area contributed by atoms with Gasteiger partial charge in [0.2, 0.25) is 5.91 Å². The van der Waals surface area contributed by atoms with Gasteiger partial charge in [-0.15, -0.1) is 0 Å². The van der Waals surface area contributed by atoms with Crippen LogP contribution in [0.3, 0.4) is 0 Å². The lowest BCUT2D eigenvalue weighted by Crippen LogP contribution is -2.47. The van der Waals surface area contributed by atoms with E-state index in [9.17, 15) is 14.7 Å². The number of fused-ring (bicyclic) bond motifs is 1. The summed E-state index contributed by atoms with van der Waals surface area (Å²) in [6.07, 6.45) is 3.41. The van der Waals surface area contributed by atoms with Crippen LogP contribution in [0.25, 0.3) is 0 Å². The fourth-order valence-corrected chi connectivity index (χ4v) is 4.85. The van der Waals surface area contributed by atoms with Gasteiger partial charge in [0, 0.05) is 59.9 Å². The summed E-state index contributed by atoms with van der Waals surface area (Å²) in [7, 11) is 2.04. The van der Waals surface area contributed by atoms with Gasteiger partial charge in [0.25, 0.3) is 0 Å². The van der Waals surface area contributed by atoms with Gasteiger partial charge in [-0.05, 0) is 74.1 Å². The molecule has 1 aromatic heterocycles. The van der Waals surface area contributed by atoms with Crippen LogP contribution in [0.5, 0.6) is 5.75 Å². The highest BCUT2D eigenvalue weighted by molar-refractivity contribution is 6.30. The Bertz CT molecular complexity index is 1290. The highest BCUT2D eigenvalue weighted by atomic mass is 35.5. The molecule has 0 aliphatic carbocycles. The topological polar surface area (TPSA) is 107 Å². The molecule has 3 aromatic rings. The third-order valence-corrected chi connectivity index (χ3v) is 7.22. The van der Waals surface area contributed by atoms with Gasteiger partial charge in [-0.1, -0.05) is 18.5 Å². The normalized spacial score (nSPS) is 18.1. The Morgan fingerprint density at radius 1 is 1.15 bits per heavy atom. The molecule has 10 heteroatoms. The number of carbonyl (C=O) groups is 2. The van der Waals surface area contributed by atoms with Crippen LogP contribution >= 0.6 is 11.6 Å². The quantitative estimate of drug-likeness (QED) is 0.367. The van der Waals surface area contributed by atoms with E-state index in [0.29, 0.717) is 40.8 Å². The number of nitrogens with zero attached hydrogens (tertiary/aromatic N) is 3. The van der Waals surface area contributed by atoms with Crippen molar-refractivity contribution in [2.45, 2.75) is 39.0 Å². The Balaban J connectivity index is 1.55. The third kappa shape index (κ3) is 7.94. The van der Waals surface area contributed by atoms with Crippen molar-refractivity contribution in [1.29, 1.82) is 0 Å². The number of anilines is 2. The SMILES string of the molecule is CC1CN([C@@H](C)CO)C(=O)Cc2cc(NC(=O)Nc3ccc(Cl)cc3)ccc2O[C@H]1CN(C)Cc1ccncc1. The van der Waals surface area contributed by atoms with Crippen molar-refractivity contribution in [3.05, 3.63) is 83.1 Å². The van der Waals surface area contributed by atoms with Crippen LogP contribution in [-0.2, 0) is 17.8 Å². The number of carbonyl (C=O) groups excluding carboxylic acids is 2. The van der Waals surface area contributed by atoms with E-state index in [1.807, 2.05) is 26.1 Å². The van der Waals surface area contributed by atoms with Gasteiger partial charge in [-0.25, -0.2) is 4.79 Å². The molecular formula is C30H36ClN5O4. The lowest BCUT2D eigenvalue weighted by Gasteiger charge is -2.34. The molecule has 3 N–H and O–H groups in total. The highest BCUT2D eigenvalue weighted by Crippen LogP contribution is 2.29. The van der Waals surface area contributed by atoms with Gasteiger partial charge in [-0.2, -0.15) is 0 Å². The fourth-order valence-electron chi connectivity index (χ4n) is 4.72. The largest absolute Gasteiger partial charge is 0.488 e.